The number of benzene rings is 1. The van der Waals surface area contributed by atoms with Crippen molar-refractivity contribution < 1.29 is 9.90 Å². The molecule has 2 atom stereocenters. The second kappa shape index (κ2) is 3.55. The van der Waals surface area contributed by atoms with Crippen molar-refractivity contribution in [3.63, 3.8) is 0 Å². The molecule has 0 radical (unpaired) electrons. The molecule has 1 saturated carbocycles. The first kappa shape index (κ1) is 10.7. The molecule has 1 aliphatic carbocycles. The lowest BCUT2D eigenvalue weighted by molar-refractivity contribution is -0.140. The lowest BCUT2D eigenvalue weighted by atomic mass is 9.92. The van der Waals surface area contributed by atoms with E-state index >= 15 is 0 Å². The molecular weight excluding hydrogens is 234 g/mol. The molecule has 17 heavy (non-hydrogen) atoms. The maximum absolute atomic E-state index is 11.5. The van der Waals surface area contributed by atoms with Crippen molar-refractivity contribution >= 4 is 27.4 Å². The molecule has 1 fully saturated rings. The minimum atomic E-state index is -0.748. The first-order valence-electron chi connectivity index (χ1n) is 5.59. The SMILES string of the molecule is NC[C@@H]1C[C@@]1(C(=O)O)c1ccc2sccc2c1. The molecule has 0 aliphatic heterocycles. The van der Waals surface area contributed by atoms with Gasteiger partial charge in [-0.15, -0.1) is 11.3 Å². The third-order valence-corrected chi connectivity index (χ3v) is 4.64. The molecule has 0 unspecified atom stereocenters. The van der Waals surface area contributed by atoms with Crippen molar-refractivity contribution in [2.45, 2.75) is 11.8 Å². The number of hydrogen-bond acceptors (Lipinski definition) is 3. The number of aliphatic carboxylic acids is 1. The summed E-state index contributed by atoms with van der Waals surface area (Å²) in [5.41, 5.74) is 5.78. The van der Waals surface area contributed by atoms with Gasteiger partial charge in [-0.3, -0.25) is 4.79 Å². The normalized spacial score (nSPS) is 27.2. The number of hydrogen-bond donors (Lipinski definition) is 2. The van der Waals surface area contributed by atoms with Crippen LogP contribution in [0, 0.1) is 5.92 Å². The standard InChI is InChI=1S/C13H13NO2S/c14-7-10-6-13(10,12(15)16)9-1-2-11-8(5-9)3-4-17-11/h1-5,10H,6-7,14H2,(H,15,16)/t10-,13+/m0/s1. The molecule has 0 saturated heterocycles. The predicted octanol–water partition coefficient (Wildman–Crippen LogP) is 2.20. The molecule has 0 spiro atoms. The summed E-state index contributed by atoms with van der Waals surface area (Å²) in [5, 5.41) is 12.6. The smallest absolute Gasteiger partial charge is 0.314 e. The zero-order chi connectivity index (χ0) is 12.0. The van der Waals surface area contributed by atoms with Crippen molar-refractivity contribution in [1.82, 2.24) is 0 Å². The number of thiophene rings is 1. The quantitative estimate of drug-likeness (QED) is 0.874. The third-order valence-electron chi connectivity index (χ3n) is 3.74. The van der Waals surface area contributed by atoms with E-state index < -0.39 is 11.4 Å². The van der Waals surface area contributed by atoms with E-state index in [2.05, 4.69) is 0 Å². The minimum Gasteiger partial charge on any atom is -0.481 e. The van der Waals surface area contributed by atoms with Crippen LogP contribution >= 0.6 is 11.3 Å². The van der Waals surface area contributed by atoms with Gasteiger partial charge in [0, 0.05) is 4.70 Å². The van der Waals surface area contributed by atoms with Crippen LogP contribution < -0.4 is 5.73 Å². The van der Waals surface area contributed by atoms with Gasteiger partial charge in [-0.05, 0) is 53.4 Å². The largest absolute Gasteiger partial charge is 0.481 e. The van der Waals surface area contributed by atoms with Crippen molar-refractivity contribution in [1.29, 1.82) is 0 Å². The Hall–Kier alpha value is -1.39. The van der Waals surface area contributed by atoms with E-state index in [1.54, 1.807) is 11.3 Å². The molecule has 2 aromatic rings. The van der Waals surface area contributed by atoms with Crippen molar-refractivity contribution in [2.24, 2.45) is 11.7 Å². The van der Waals surface area contributed by atoms with Crippen LogP contribution in [0.2, 0.25) is 0 Å². The van der Waals surface area contributed by atoms with Crippen LogP contribution in [0.5, 0.6) is 0 Å². The maximum Gasteiger partial charge on any atom is 0.314 e. The van der Waals surface area contributed by atoms with Crippen LogP contribution in [-0.2, 0) is 10.2 Å². The van der Waals surface area contributed by atoms with Gasteiger partial charge in [0.1, 0.15) is 0 Å². The summed E-state index contributed by atoms with van der Waals surface area (Å²) >= 11 is 1.67. The topological polar surface area (TPSA) is 63.3 Å². The molecule has 3 nitrogen and oxygen atoms in total. The van der Waals surface area contributed by atoms with E-state index in [1.807, 2.05) is 29.6 Å². The zero-order valence-electron chi connectivity index (χ0n) is 9.22. The van der Waals surface area contributed by atoms with Gasteiger partial charge >= 0.3 is 5.97 Å². The molecule has 0 amide bonds. The van der Waals surface area contributed by atoms with E-state index in [0.717, 1.165) is 10.9 Å². The van der Waals surface area contributed by atoms with Gasteiger partial charge in [0.15, 0.2) is 0 Å². The fourth-order valence-corrected chi connectivity index (χ4v) is 3.37. The molecule has 1 aromatic carbocycles. The van der Waals surface area contributed by atoms with Gasteiger partial charge in [-0.25, -0.2) is 0 Å². The van der Waals surface area contributed by atoms with Gasteiger partial charge in [-0.2, -0.15) is 0 Å². The molecular formula is C13H13NO2S. The Morgan fingerprint density at radius 2 is 2.35 bits per heavy atom. The van der Waals surface area contributed by atoms with Crippen LogP contribution in [0.3, 0.4) is 0 Å². The van der Waals surface area contributed by atoms with Crippen LogP contribution in [0.25, 0.3) is 10.1 Å². The van der Waals surface area contributed by atoms with Gasteiger partial charge in [-0.1, -0.05) is 6.07 Å². The predicted molar refractivity (Wildman–Crippen MR) is 68.3 cm³/mol. The van der Waals surface area contributed by atoms with Crippen LogP contribution in [0.15, 0.2) is 29.6 Å². The number of nitrogens with two attached hydrogens (primary N) is 1. The van der Waals surface area contributed by atoms with E-state index in [-0.39, 0.29) is 5.92 Å². The van der Waals surface area contributed by atoms with E-state index in [9.17, 15) is 9.90 Å². The summed E-state index contributed by atoms with van der Waals surface area (Å²) in [6.45, 7) is 0.438. The van der Waals surface area contributed by atoms with E-state index in [0.29, 0.717) is 13.0 Å². The fourth-order valence-electron chi connectivity index (χ4n) is 2.60. The highest BCUT2D eigenvalue weighted by Crippen LogP contribution is 2.54. The lowest BCUT2D eigenvalue weighted by Gasteiger charge is -2.12. The summed E-state index contributed by atoms with van der Waals surface area (Å²) in [4.78, 5) is 11.5. The highest BCUT2D eigenvalue weighted by atomic mass is 32.1. The van der Waals surface area contributed by atoms with Gasteiger partial charge < -0.3 is 10.8 Å². The third kappa shape index (κ3) is 1.41. The van der Waals surface area contributed by atoms with Crippen molar-refractivity contribution in [3.05, 3.63) is 35.2 Å². The van der Waals surface area contributed by atoms with Crippen LogP contribution in [0.4, 0.5) is 0 Å². The molecule has 88 valence electrons. The maximum atomic E-state index is 11.5. The monoisotopic (exact) mass is 247 g/mol. The summed E-state index contributed by atoms with van der Waals surface area (Å²) in [5.74, 6) is -0.668. The Labute approximate surface area is 103 Å². The second-order valence-electron chi connectivity index (χ2n) is 4.59. The van der Waals surface area contributed by atoms with Crippen LogP contribution in [-0.4, -0.2) is 17.6 Å². The summed E-state index contributed by atoms with van der Waals surface area (Å²) in [7, 11) is 0. The Balaban J connectivity index is 2.10. The molecule has 1 heterocycles. The number of carbonyl (C=O) groups is 1. The first-order chi connectivity index (χ1) is 8.18. The Bertz CT molecular complexity index is 592. The van der Waals surface area contributed by atoms with E-state index in [4.69, 9.17) is 5.73 Å². The summed E-state index contributed by atoms with van der Waals surface area (Å²) in [6, 6.07) is 7.96. The van der Waals surface area contributed by atoms with Gasteiger partial charge in [0.25, 0.3) is 0 Å². The molecule has 3 rings (SSSR count). The Kier molecular flexibility index (Phi) is 2.24. The van der Waals surface area contributed by atoms with Gasteiger partial charge in [0.05, 0.1) is 5.41 Å². The molecule has 1 aliphatic rings. The zero-order valence-corrected chi connectivity index (χ0v) is 10.0. The molecule has 3 N–H and O–H groups in total. The van der Waals surface area contributed by atoms with Crippen molar-refractivity contribution in [3.8, 4) is 0 Å². The average molecular weight is 247 g/mol. The minimum absolute atomic E-state index is 0.0797. The summed E-state index contributed by atoms with van der Waals surface area (Å²) < 4.78 is 1.19. The van der Waals surface area contributed by atoms with E-state index in [1.165, 1.54) is 4.70 Å². The number of fused-ring (bicyclic) bond motifs is 1. The Morgan fingerprint density at radius 3 is 3.00 bits per heavy atom. The highest BCUT2D eigenvalue weighted by molar-refractivity contribution is 7.17. The summed E-state index contributed by atoms with van der Waals surface area (Å²) in [6.07, 6.45) is 0.661. The average Bonchev–Trinajstić information content (AvgIpc) is 2.91. The molecule has 0 bridgehead atoms. The number of rotatable bonds is 3. The highest BCUT2D eigenvalue weighted by Gasteiger charge is 2.60. The fraction of sp³-hybridized carbons (Fsp3) is 0.308. The van der Waals surface area contributed by atoms with Crippen molar-refractivity contribution in [2.75, 3.05) is 6.54 Å². The number of carboxylic acid groups (broad SMARTS) is 1. The lowest BCUT2D eigenvalue weighted by Crippen LogP contribution is -2.25. The van der Waals surface area contributed by atoms with Crippen LogP contribution in [0.1, 0.15) is 12.0 Å². The molecule has 4 heteroatoms. The number of carboxylic acids is 1. The molecule has 1 aromatic heterocycles. The second-order valence-corrected chi connectivity index (χ2v) is 5.53. The van der Waals surface area contributed by atoms with Gasteiger partial charge in [0.2, 0.25) is 0 Å². The Morgan fingerprint density at radius 1 is 1.53 bits per heavy atom. The first-order valence-corrected chi connectivity index (χ1v) is 6.47.